The number of imidazole rings is 1. The van der Waals surface area contributed by atoms with Crippen LogP contribution in [0.5, 0.6) is 0 Å². The van der Waals surface area contributed by atoms with Gasteiger partial charge in [-0.1, -0.05) is 17.7 Å². The Kier molecular flexibility index (Phi) is 10.4. The molecule has 0 fully saturated rings. The van der Waals surface area contributed by atoms with Crippen molar-refractivity contribution in [3.8, 4) is 0 Å². The zero-order valence-corrected chi connectivity index (χ0v) is 22.3. The van der Waals surface area contributed by atoms with Gasteiger partial charge >= 0.3 is 18.1 Å². The van der Waals surface area contributed by atoms with E-state index >= 15 is 0 Å². The third-order valence-corrected chi connectivity index (χ3v) is 5.55. The Labute approximate surface area is 226 Å². The van der Waals surface area contributed by atoms with Crippen molar-refractivity contribution in [1.29, 1.82) is 0 Å². The number of aryl methyl sites for hydroxylation is 2. The second kappa shape index (κ2) is 13.1. The zero-order chi connectivity index (χ0) is 29.5. The van der Waals surface area contributed by atoms with Crippen LogP contribution >= 0.6 is 11.6 Å². The van der Waals surface area contributed by atoms with Crippen LogP contribution in [0.15, 0.2) is 18.2 Å². The Hall–Kier alpha value is -4.14. The summed E-state index contributed by atoms with van der Waals surface area (Å²) in [6.07, 6.45) is -4.85. The third-order valence-electron chi connectivity index (χ3n) is 5.27. The van der Waals surface area contributed by atoms with Crippen molar-refractivity contribution in [3.05, 3.63) is 40.4 Å². The molecule has 0 atom stereocenters. The molecule has 0 aliphatic carbocycles. The standard InChI is InChI=1S/C20H24ClN7O3.C3H3F3O2/c1-4-27-12-9-7-8-11(20(30)31-6-3)15(12)28(5-2)13(27)10-24-19(29)14-17(22)26-18(23)16(21)25-14;1-8-2(7)3(4,5)6/h7-9H,4-6,10H2,1-3H3,(H4-,22,23,24,26,29);1H3/p+1. The number of carbonyl (C=O) groups excluding carboxylic acids is 3. The van der Waals surface area contributed by atoms with Crippen molar-refractivity contribution in [2.24, 2.45) is 0 Å². The summed E-state index contributed by atoms with van der Waals surface area (Å²) in [4.78, 5) is 42.5. The number of benzene rings is 1. The molecule has 3 aromatic rings. The molecule has 0 radical (unpaired) electrons. The summed E-state index contributed by atoms with van der Waals surface area (Å²) >= 11 is 5.88. The van der Waals surface area contributed by atoms with Gasteiger partial charge in [0.15, 0.2) is 33.5 Å². The summed E-state index contributed by atoms with van der Waals surface area (Å²) in [5.41, 5.74) is 13.3. The molecule has 0 saturated carbocycles. The largest absolute Gasteiger partial charge is 0.490 e. The maximum absolute atomic E-state index is 12.7. The van der Waals surface area contributed by atoms with E-state index in [-0.39, 0.29) is 35.6 Å². The Morgan fingerprint density at radius 1 is 1.13 bits per heavy atom. The smallest absolute Gasteiger partial charge is 0.462 e. The van der Waals surface area contributed by atoms with E-state index in [2.05, 4.69) is 20.0 Å². The van der Waals surface area contributed by atoms with Crippen molar-refractivity contribution in [3.63, 3.8) is 0 Å². The predicted molar refractivity (Wildman–Crippen MR) is 135 cm³/mol. The zero-order valence-electron chi connectivity index (χ0n) is 21.6. The Bertz CT molecular complexity index is 1380. The first-order chi connectivity index (χ1) is 18.3. The summed E-state index contributed by atoms with van der Waals surface area (Å²) in [5, 5.41) is 2.72. The molecular formula is C23H28ClF3N7O5+. The van der Waals surface area contributed by atoms with Gasteiger partial charge in [0, 0.05) is 0 Å². The number of methoxy groups -OCH3 is 1. The first kappa shape index (κ1) is 31.1. The third kappa shape index (κ3) is 7.04. The highest BCUT2D eigenvalue weighted by Crippen LogP contribution is 2.21. The minimum Gasteiger partial charge on any atom is -0.462 e. The number of nitrogens with one attached hydrogen (secondary N) is 1. The molecule has 2 heterocycles. The quantitative estimate of drug-likeness (QED) is 0.283. The van der Waals surface area contributed by atoms with E-state index in [0.717, 1.165) is 16.9 Å². The van der Waals surface area contributed by atoms with Gasteiger partial charge < -0.3 is 26.3 Å². The van der Waals surface area contributed by atoms with E-state index in [1.54, 1.807) is 13.0 Å². The number of anilines is 2. The van der Waals surface area contributed by atoms with Gasteiger partial charge in [0.1, 0.15) is 12.1 Å². The average Bonchev–Trinajstić information content (AvgIpc) is 3.21. The summed E-state index contributed by atoms with van der Waals surface area (Å²) < 4.78 is 45.5. The molecule has 0 saturated heterocycles. The number of nitrogens with zero attached hydrogens (tertiary/aromatic N) is 4. The summed E-state index contributed by atoms with van der Waals surface area (Å²) in [7, 11) is 0.676. The SMILES string of the molecule is CCOC(=O)c1cccc2c1[n+](CC)c(CNC(=O)c1nc(Cl)c(N)nc1N)n2CC.COC(=O)C(F)(F)F. The van der Waals surface area contributed by atoms with E-state index in [0.29, 0.717) is 25.8 Å². The Morgan fingerprint density at radius 3 is 2.31 bits per heavy atom. The normalized spacial score (nSPS) is 11.0. The van der Waals surface area contributed by atoms with Crippen LogP contribution in [-0.2, 0) is 33.9 Å². The highest BCUT2D eigenvalue weighted by molar-refractivity contribution is 6.31. The van der Waals surface area contributed by atoms with E-state index < -0.39 is 24.0 Å². The minimum atomic E-state index is -4.85. The maximum Gasteiger partial charge on any atom is 0.490 e. The van der Waals surface area contributed by atoms with Gasteiger partial charge in [-0.05, 0) is 32.9 Å². The number of carbonyl (C=O) groups is 3. The van der Waals surface area contributed by atoms with E-state index in [9.17, 15) is 27.6 Å². The fourth-order valence-electron chi connectivity index (χ4n) is 3.67. The predicted octanol–water partition coefficient (Wildman–Crippen LogP) is 2.40. The number of ether oxygens (including phenoxy) is 2. The van der Waals surface area contributed by atoms with Crippen LogP contribution in [0.2, 0.25) is 5.15 Å². The molecule has 1 amide bonds. The number of aromatic nitrogens is 4. The number of alkyl halides is 3. The van der Waals surface area contributed by atoms with Crippen molar-refractivity contribution in [2.75, 3.05) is 25.2 Å². The molecule has 0 aliphatic heterocycles. The number of para-hydroxylation sites is 1. The number of amides is 1. The van der Waals surface area contributed by atoms with Crippen molar-refractivity contribution < 1.29 is 41.6 Å². The van der Waals surface area contributed by atoms with Gasteiger partial charge in [0.25, 0.3) is 11.7 Å². The van der Waals surface area contributed by atoms with Crippen molar-refractivity contribution >= 4 is 52.1 Å². The lowest BCUT2D eigenvalue weighted by Crippen LogP contribution is -2.41. The van der Waals surface area contributed by atoms with Gasteiger partial charge in [-0.3, -0.25) is 4.79 Å². The van der Waals surface area contributed by atoms with Crippen LogP contribution in [0, 0.1) is 0 Å². The number of esters is 2. The highest BCUT2D eigenvalue weighted by Gasteiger charge is 2.40. The van der Waals surface area contributed by atoms with Gasteiger partial charge in [-0.15, -0.1) is 0 Å². The van der Waals surface area contributed by atoms with Gasteiger partial charge in [0.05, 0.1) is 26.8 Å². The van der Waals surface area contributed by atoms with Crippen molar-refractivity contribution in [1.82, 2.24) is 19.9 Å². The van der Waals surface area contributed by atoms with Crippen LogP contribution in [0.4, 0.5) is 24.8 Å². The molecule has 0 bridgehead atoms. The van der Waals surface area contributed by atoms with E-state index in [4.69, 9.17) is 27.8 Å². The van der Waals surface area contributed by atoms with Gasteiger partial charge in [-0.25, -0.2) is 28.7 Å². The van der Waals surface area contributed by atoms with Gasteiger partial charge in [-0.2, -0.15) is 13.2 Å². The van der Waals surface area contributed by atoms with Crippen molar-refractivity contribution in [2.45, 2.75) is 46.6 Å². The Balaban J connectivity index is 0.000000580. The van der Waals surface area contributed by atoms with Crippen LogP contribution in [0.3, 0.4) is 0 Å². The minimum absolute atomic E-state index is 0.0443. The molecule has 212 valence electrons. The average molecular weight is 575 g/mol. The second-order valence-corrected chi connectivity index (χ2v) is 7.96. The summed E-state index contributed by atoms with van der Waals surface area (Å²) in [6.45, 7) is 7.40. The maximum atomic E-state index is 12.7. The molecule has 1 aromatic carbocycles. The molecule has 3 rings (SSSR count). The molecule has 39 heavy (non-hydrogen) atoms. The summed E-state index contributed by atoms with van der Waals surface area (Å²) in [6, 6.07) is 5.49. The Morgan fingerprint density at radius 2 is 1.79 bits per heavy atom. The molecule has 5 N–H and O–H groups in total. The molecule has 0 spiro atoms. The number of nitrogen functional groups attached to an aromatic ring is 2. The number of hydrogen-bond donors (Lipinski definition) is 3. The van der Waals surface area contributed by atoms with Crippen LogP contribution in [-0.4, -0.2) is 52.3 Å². The first-order valence-corrected chi connectivity index (χ1v) is 11.9. The second-order valence-electron chi connectivity index (χ2n) is 7.60. The number of rotatable bonds is 7. The number of halogens is 4. The highest BCUT2D eigenvalue weighted by atomic mass is 35.5. The monoisotopic (exact) mass is 574 g/mol. The molecule has 16 heteroatoms. The number of hydrogen-bond acceptors (Lipinski definition) is 9. The van der Waals surface area contributed by atoms with E-state index in [1.807, 2.05) is 35.1 Å². The lowest BCUT2D eigenvalue weighted by Gasteiger charge is -2.08. The lowest BCUT2D eigenvalue weighted by molar-refractivity contribution is -0.676. The molecular weight excluding hydrogens is 547 g/mol. The topological polar surface area (TPSA) is 168 Å². The fourth-order valence-corrected chi connectivity index (χ4v) is 3.80. The van der Waals surface area contributed by atoms with Crippen LogP contribution in [0.1, 0.15) is 47.4 Å². The fraction of sp³-hybridized carbons (Fsp3) is 0.391. The van der Waals surface area contributed by atoms with E-state index in [1.165, 1.54) is 0 Å². The van der Waals surface area contributed by atoms with Gasteiger partial charge in [0.2, 0.25) is 0 Å². The molecule has 2 aromatic heterocycles. The van der Waals surface area contributed by atoms with Crippen LogP contribution < -0.4 is 21.4 Å². The number of fused-ring (bicyclic) bond motifs is 1. The molecule has 0 unspecified atom stereocenters. The molecule has 0 aliphatic rings. The molecule has 12 nitrogen and oxygen atoms in total. The number of nitrogens with two attached hydrogens (primary N) is 2. The first-order valence-electron chi connectivity index (χ1n) is 11.5. The van der Waals surface area contributed by atoms with Crippen LogP contribution in [0.25, 0.3) is 11.0 Å². The summed E-state index contributed by atoms with van der Waals surface area (Å²) in [5.74, 6) is -2.44. The lowest BCUT2D eigenvalue weighted by atomic mass is 10.2.